The lowest BCUT2D eigenvalue weighted by Crippen LogP contribution is -2.55. The van der Waals surface area contributed by atoms with Crippen molar-refractivity contribution in [3.05, 3.63) is 0 Å². The van der Waals surface area contributed by atoms with Crippen LogP contribution in [0.3, 0.4) is 0 Å². The molecule has 1 aliphatic rings. The van der Waals surface area contributed by atoms with E-state index in [0.29, 0.717) is 6.42 Å². The Hall–Kier alpha value is -1.06. The van der Waals surface area contributed by atoms with Crippen molar-refractivity contribution in [1.82, 2.24) is 10.2 Å². The smallest absolute Gasteiger partial charge is 0.242 e. The topological polar surface area (TPSA) is 49.4 Å². The molecule has 0 aliphatic carbocycles. The Morgan fingerprint density at radius 1 is 1.43 bits per heavy atom. The SMILES string of the molecule is C[C@@H]1CC(=O)NCC(=O)N(C)C1(C)C. The molecule has 1 N–H and O–H groups in total. The summed E-state index contributed by atoms with van der Waals surface area (Å²) in [5, 5.41) is 2.60. The fourth-order valence-electron chi connectivity index (χ4n) is 1.54. The normalized spacial score (nSPS) is 28.0. The average Bonchev–Trinajstić information content (AvgIpc) is 2.11. The Morgan fingerprint density at radius 3 is 2.57 bits per heavy atom. The minimum absolute atomic E-state index is 0.0325. The lowest BCUT2D eigenvalue weighted by molar-refractivity contribution is -0.140. The fourth-order valence-corrected chi connectivity index (χ4v) is 1.54. The van der Waals surface area contributed by atoms with E-state index >= 15 is 0 Å². The summed E-state index contributed by atoms with van der Waals surface area (Å²) in [6, 6.07) is 0. The van der Waals surface area contributed by atoms with Crippen LogP contribution in [0.1, 0.15) is 27.2 Å². The third-order valence-electron chi connectivity index (χ3n) is 3.37. The van der Waals surface area contributed by atoms with E-state index in [1.165, 1.54) is 0 Å². The van der Waals surface area contributed by atoms with Gasteiger partial charge in [0.05, 0.1) is 6.54 Å². The van der Waals surface area contributed by atoms with Crippen molar-refractivity contribution in [3.8, 4) is 0 Å². The first-order chi connectivity index (χ1) is 6.35. The molecule has 0 unspecified atom stereocenters. The van der Waals surface area contributed by atoms with E-state index in [4.69, 9.17) is 0 Å². The quantitative estimate of drug-likeness (QED) is 0.611. The molecule has 0 aromatic rings. The summed E-state index contributed by atoms with van der Waals surface area (Å²) in [6.07, 6.45) is 0.477. The lowest BCUT2D eigenvalue weighted by atomic mass is 9.84. The van der Waals surface area contributed by atoms with Gasteiger partial charge in [-0.15, -0.1) is 0 Å². The van der Waals surface area contributed by atoms with Crippen LogP contribution < -0.4 is 5.32 Å². The zero-order valence-corrected chi connectivity index (χ0v) is 9.26. The Morgan fingerprint density at radius 2 is 2.00 bits per heavy atom. The van der Waals surface area contributed by atoms with Gasteiger partial charge in [0.15, 0.2) is 0 Å². The summed E-state index contributed by atoms with van der Waals surface area (Å²) in [5.74, 6) is 0.0960. The first-order valence-electron chi connectivity index (χ1n) is 4.89. The van der Waals surface area contributed by atoms with Gasteiger partial charge in [-0.2, -0.15) is 0 Å². The van der Waals surface area contributed by atoms with Gasteiger partial charge in [0, 0.05) is 19.0 Å². The van der Waals surface area contributed by atoms with E-state index < -0.39 is 0 Å². The number of carbonyl (C=O) groups is 2. The number of nitrogens with one attached hydrogen (secondary N) is 1. The highest BCUT2D eigenvalue weighted by atomic mass is 16.2. The molecular formula is C10H18N2O2. The monoisotopic (exact) mass is 198 g/mol. The van der Waals surface area contributed by atoms with Gasteiger partial charge in [0.2, 0.25) is 11.8 Å². The maximum absolute atomic E-state index is 11.6. The average molecular weight is 198 g/mol. The molecule has 0 bridgehead atoms. The highest BCUT2D eigenvalue weighted by molar-refractivity contribution is 5.86. The van der Waals surface area contributed by atoms with Crippen LogP contribution in [0.25, 0.3) is 0 Å². The summed E-state index contributed by atoms with van der Waals surface area (Å²) < 4.78 is 0. The molecule has 1 atom stereocenters. The van der Waals surface area contributed by atoms with Gasteiger partial charge in [-0.3, -0.25) is 9.59 Å². The van der Waals surface area contributed by atoms with Gasteiger partial charge in [0.25, 0.3) is 0 Å². The number of likely N-dealkylation sites (N-methyl/N-ethyl adjacent to an activating group) is 1. The van der Waals surface area contributed by atoms with Crippen molar-refractivity contribution >= 4 is 11.8 Å². The Bertz CT molecular complexity index is 261. The third-order valence-corrected chi connectivity index (χ3v) is 3.37. The molecule has 1 saturated heterocycles. The van der Waals surface area contributed by atoms with Crippen molar-refractivity contribution in [1.29, 1.82) is 0 Å². The van der Waals surface area contributed by atoms with Gasteiger partial charge < -0.3 is 10.2 Å². The Labute approximate surface area is 84.7 Å². The molecule has 0 saturated carbocycles. The van der Waals surface area contributed by atoms with E-state index in [1.807, 2.05) is 20.8 Å². The highest BCUT2D eigenvalue weighted by Crippen LogP contribution is 2.26. The van der Waals surface area contributed by atoms with E-state index in [9.17, 15) is 9.59 Å². The van der Waals surface area contributed by atoms with Crippen molar-refractivity contribution in [2.75, 3.05) is 13.6 Å². The van der Waals surface area contributed by atoms with Crippen LogP contribution in [0.4, 0.5) is 0 Å². The Balaban J connectivity index is 2.91. The standard InChI is InChI=1S/C10H18N2O2/c1-7-5-8(13)11-6-9(14)12(4)10(7,2)3/h7H,5-6H2,1-4H3,(H,11,13)/t7-/m1/s1. The summed E-state index contributed by atoms with van der Waals surface area (Å²) in [4.78, 5) is 24.6. The molecule has 2 amide bonds. The molecule has 14 heavy (non-hydrogen) atoms. The van der Waals surface area contributed by atoms with Crippen molar-refractivity contribution < 1.29 is 9.59 Å². The van der Waals surface area contributed by atoms with Crippen LogP contribution in [-0.4, -0.2) is 35.8 Å². The zero-order chi connectivity index (χ0) is 10.9. The summed E-state index contributed by atoms with van der Waals surface area (Å²) in [5.41, 5.74) is -0.255. The number of amides is 2. The zero-order valence-electron chi connectivity index (χ0n) is 9.26. The van der Waals surface area contributed by atoms with Crippen molar-refractivity contribution in [2.45, 2.75) is 32.7 Å². The maximum atomic E-state index is 11.6. The Kier molecular flexibility index (Phi) is 2.83. The van der Waals surface area contributed by atoms with E-state index in [0.717, 1.165) is 0 Å². The fraction of sp³-hybridized carbons (Fsp3) is 0.800. The number of nitrogens with zero attached hydrogens (tertiary/aromatic N) is 1. The second-order valence-electron chi connectivity index (χ2n) is 4.49. The predicted molar refractivity (Wildman–Crippen MR) is 53.6 cm³/mol. The highest BCUT2D eigenvalue weighted by Gasteiger charge is 2.36. The molecule has 4 heteroatoms. The van der Waals surface area contributed by atoms with Crippen molar-refractivity contribution in [2.24, 2.45) is 5.92 Å². The summed E-state index contributed by atoms with van der Waals surface area (Å²) in [7, 11) is 1.79. The summed E-state index contributed by atoms with van der Waals surface area (Å²) >= 11 is 0. The second-order valence-corrected chi connectivity index (χ2v) is 4.49. The molecule has 4 nitrogen and oxygen atoms in total. The first-order valence-corrected chi connectivity index (χ1v) is 4.89. The van der Waals surface area contributed by atoms with Crippen LogP contribution in [0, 0.1) is 5.92 Å². The molecular weight excluding hydrogens is 180 g/mol. The van der Waals surface area contributed by atoms with E-state index in [1.54, 1.807) is 11.9 Å². The molecule has 80 valence electrons. The molecule has 1 fully saturated rings. The predicted octanol–water partition coefficient (Wildman–Crippen LogP) is 0.379. The maximum Gasteiger partial charge on any atom is 0.242 e. The van der Waals surface area contributed by atoms with Crippen molar-refractivity contribution in [3.63, 3.8) is 0 Å². The molecule has 1 aliphatic heterocycles. The first kappa shape index (κ1) is 11.0. The molecule has 0 aromatic carbocycles. The van der Waals surface area contributed by atoms with Gasteiger partial charge in [-0.25, -0.2) is 0 Å². The van der Waals surface area contributed by atoms with E-state index in [2.05, 4.69) is 5.32 Å². The molecule has 1 rings (SSSR count). The van der Waals surface area contributed by atoms with Gasteiger partial charge >= 0.3 is 0 Å². The van der Waals surface area contributed by atoms with E-state index in [-0.39, 0.29) is 29.8 Å². The van der Waals surface area contributed by atoms with Gasteiger partial charge in [-0.05, 0) is 19.8 Å². The lowest BCUT2D eigenvalue weighted by Gasteiger charge is -2.42. The van der Waals surface area contributed by atoms with Gasteiger partial charge in [0.1, 0.15) is 0 Å². The van der Waals surface area contributed by atoms with Crippen LogP contribution in [0.5, 0.6) is 0 Å². The second kappa shape index (κ2) is 3.59. The third kappa shape index (κ3) is 1.89. The molecule has 0 spiro atoms. The van der Waals surface area contributed by atoms with Crippen LogP contribution in [-0.2, 0) is 9.59 Å². The molecule has 1 heterocycles. The minimum atomic E-state index is -0.255. The number of rotatable bonds is 0. The molecule has 0 radical (unpaired) electrons. The number of hydrogen-bond donors (Lipinski definition) is 1. The van der Waals surface area contributed by atoms with Crippen LogP contribution in [0.2, 0.25) is 0 Å². The van der Waals surface area contributed by atoms with Crippen LogP contribution >= 0.6 is 0 Å². The largest absolute Gasteiger partial charge is 0.347 e. The number of hydrogen-bond acceptors (Lipinski definition) is 2. The molecule has 0 aromatic heterocycles. The van der Waals surface area contributed by atoms with Crippen LogP contribution in [0.15, 0.2) is 0 Å². The number of carbonyl (C=O) groups excluding carboxylic acids is 2. The summed E-state index contributed by atoms with van der Waals surface area (Å²) in [6.45, 7) is 6.10. The van der Waals surface area contributed by atoms with Gasteiger partial charge in [-0.1, -0.05) is 6.92 Å². The minimum Gasteiger partial charge on any atom is -0.347 e.